The summed E-state index contributed by atoms with van der Waals surface area (Å²) in [6.07, 6.45) is 3.19. The Hall–Kier alpha value is -1.65. The molecule has 2 aromatic rings. The van der Waals surface area contributed by atoms with Crippen molar-refractivity contribution < 1.29 is 0 Å². The first-order chi connectivity index (χ1) is 8.69. The third kappa shape index (κ3) is 3.18. The van der Waals surface area contributed by atoms with E-state index in [2.05, 4.69) is 22.1 Å². The predicted molar refractivity (Wildman–Crippen MR) is 73.5 cm³/mol. The third-order valence-corrected chi connectivity index (χ3v) is 2.82. The van der Waals surface area contributed by atoms with Crippen LogP contribution in [0.5, 0.6) is 0 Å². The van der Waals surface area contributed by atoms with Crippen LogP contribution in [0, 0.1) is 0 Å². The van der Waals surface area contributed by atoms with Crippen molar-refractivity contribution in [2.75, 3.05) is 11.9 Å². The number of nitrogens with zero attached hydrogens (tertiary/aromatic N) is 3. The van der Waals surface area contributed by atoms with Gasteiger partial charge in [-0.1, -0.05) is 35.9 Å². The Morgan fingerprint density at radius 2 is 1.67 bits per heavy atom. The Morgan fingerprint density at radius 3 is 2.22 bits per heavy atom. The second kappa shape index (κ2) is 5.80. The Labute approximate surface area is 111 Å². The van der Waals surface area contributed by atoms with Gasteiger partial charge in [-0.25, -0.2) is 9.97 Å². The number of hydrogen-bond donors (Lipinski definition) is 1. The van der Waals surface area contributed by atoms with Crippen LogP contribution in [0.15, 0.2) is 36.7 Å². The quantitative estimate of drug-likeness (QED) is 0.918. The lowest BCUT2D eigenvalue weighted by Gasteiger charge is -2.16. The summed E-state index contributed by atoms with van der Waals surface area (Å²) < 4.78 is 0. The van der Waals surface area contributed by atoms with E-state index in [1.165, 1.54) is 5.56 Å². The van der Waals surface area contributed by atoms with E-state index in [1.54, 1.807) is 12.4 Å². The highest BCUT2D eigenvalue weighted by Crippen LogP contribution is 2.12. The fraction of sp³-hybridized carbons (Fsp3) is 0.231. The molecule has 4 nitrogen and oxygen atoms in total. The van der Waals surface area contributed by atoms with Gasteiger partial charge in [0.15, 0.2) is 0 Å². The molecule has 5 heteroatoms. The molecule has 0 amide bonds. The van der Waals surface area contributed by atoms with E-state index in [-0.39, 0.29) is 0 Å². The fourth-order valence-corrected chi connectivity index (χ4v) is 1.73. The van der Waals surface area contributed by atoms with Gasteiger partial charge in [0.2, 0.25) is 5.95 Å². The van der Waals surface area contributed by atoms with Gasteiger partial charge in [-0.3, -0.25) is 0 Å². The van der Waals surface area contributed by atoms with Gasteiger partial charge >= 0.3 is 0 Å². The highest BCUT2D eigenvalue weighted by Gasteiger charge is 2.04. The minimum Gasteiger partial charge on any atom is -0.340 e. The highest BCUT2D eigenvalue weighted by atomic mass is 35.5. The number of halogens is 1. The van der Waals surface area contributed by atoms with Crippen molar-refractivity contribution in [3.05, 3.63) is 52.8 Å². The minimum atomic E-state index is 0.541. The van der Waals surface area contributed by atoms with Crippen LogP contribution in [0.25, 0.3) is 0 Å². The Bertz CT molecular complexity index is 495. The lowest BCUT2D eigenvalue weighted by molar-refractivity contribution is 0.865. The topological polar surface area (TPSA) is 55.0 Å². The molecule has 1 aromatic carbocycles. The van der Waals surface area contributed by atoms with Gasteiger partial charge in [0.1, 0.15) is 0 Å². The molecule has 0 aliphatic carbocycles. The lowest BCUT2D eigenvalue weighted by atomic mass is 10.1. The van der Waals surface area contributed by atoms with E-state index in [1.807, 2.05) is 24.1 Å². The summed E-state index contributed by atoms with van der Waals surface area (Å²) in [7, 11) is 1.94. The normalized spacial score (nSPS) is 10.4. The fourth-order valence-electron chi connectivity index (χ4n) is 1.63. The number of aromatic nitrogens is 2. The van der Waals surface area contributed by atoms with Gasteiger partial charge in [0.05, 0.1) is 17.4 Å². The van der Waals surface area contributed by atoms with Crippen LogP contribution in [-0.2, 0) is 13.1 Å². The Kier molecular flexibility index (Phi) is 4.12. The monoisotopic (exact) mass is 262 g/mol. The molecule has 1 aromatic heterocycles. The van der Waals surface area contributed by atoms with Crippen LogP contribution < -0.4 is 10.6 Å². The van der Waals surface area contributed by atoms with Crippen molar-refractivity contribution >= 4 is 17.5 Å². The zero-order chi connectivity index (χ0) is 13.0. The molecule has 2 N–H and O–H groups in total. The largest absolute Gasteiger partial charge is 0.340 e. The molecule has 0 atom stereocenters. The molecule has 0 radical (unpaired) electrons. The molecule has 0 unspecified atom stereocenters. The SMILES string of the molecule is CN(Cc1ccc(CN)cc1)c1ncc(Cl)cn1. The van der Waals surface area contributed by atoms with Crippen LogP contribution in [-0.4, -0.2) is 17.0 Å². The van der Waals surface area contributed by atoms with E-state index in [0.717, 1.165) is 12.1 Å². The summed E-state index contributed by atoms with van der Waals surface area (Å²) >= 11 is 5.75. The van der Waals surface area contributed by atoms with E-state index < -0.39 is 0 Å². The van der Waals surface area contributed by atoms with Gasteiger partial charge < -0.3 is 10.6 Å². The van der Waals surface area contributed by atoms with Crippen molar-refractivity contribution in [1.29, 1.82) is 0 Å². The molecule has 0 spiro atoms. The smallest absolute Gasteiger partial charge is 0.225 e. The van der Waals surface area contributed by atoms with Crippen LogP contribution in [0.4, 0.5) is 5.95 Å². The van der Waals surface area contributed by atoms with Crippen molar-refractivity contribution in [1.82, 2.24) is 9.97 Å². The molecule has 0 aliphatic rings. The maximum atomic E-state index is 5.75. The number of rotatable bonds is 4. The zero-order valence-electron chi connectivity index (χ0n) is 10.2. The average Bonchev–Trinajstić information content (AvgIpc) is 2.40. The summed E-state index contributed by atoms with van der Waals surface area (Å²) in [5.74, 6) is 0.655. The summed E-state index contributed by atoms with van der Waals surface area (Å²) in [6, 6.07) is 8.20. The molecule has 0 saturated carbocycles. The van der Waals surface area contributed by atoms with E-state index in [4.69, 9.17) is 17.3 Å². The summed E-state index contributed by atoms with van der Waals surface area (Å²) in [4.78, 5) is 10.3. The molecule has 0 saturated heterocycles. The van der Waals surface area contributed by atoms with Gasteiger partial charge in [-0.15, -0.1) is 0 Å². The van der Waals surface area contributed by atoms with Gasteiger partial charge in [-0.2, -0.15) is 0 Å². The molecule has 0 bridgehead atoms. The van der Waals surface area contributed by atoms with Crippen molar-refractivity contribution in [2.24, 2.45) is 5.73 Å². The van der Waals surface area contributed by atoms with Crippen LogP contribution in [0.2, 0.25) is 5.02 Å². The average molecular weight is 263 g/mol. The number of hydrogen-bond acceptors (Lipinski definition) is 4. The first-order valence-corrected chi connectivity index (χ1v) is 6.03. The maximum absolute atomic E-state index is 5.75. The van der Waals surface area contributed by atoms with E-state index >= 15 is 0 Å². The second-order valence-electron chi connectivity index (χ2n) is 4.08. The second-order valence-corrected chi connectivity index (χ2v) is 4.51. The van der Waals surface area contributed by atoms with Gasteiger partial charge in [-0.05, 0) is 11.1 Å². The molecular formula is C13H15ClN4. The first-order valence-electron chi connectivity index (χ1n) is 5.65. The maximum Gasteiger partial charge on any atom is 0.225 e. The summed E-state index contributed by atoms with van der Waals surface area (Å²) in [5, 5.41) is 0.541. The minimum absolute atomic E-state index is 0.541. The van der Waals surface area contributed by atoms with Crippen molar-refractivity contribution in [3.8, 4) is 0 Å². The number of nitrogens with two attached hydrogens (primary N) is 1. The predicted octanol–water partition coefficient (Wildman–Crippen LogP) is 2.23. The third-order valence-electron chi connectivity index (χ3n) is 2.63. The molecule has 94 valence electrons. The molecule has 18 heavy (non-hydrogen) atoms. The molecule has 0 aliphatic heterocycles. The Balaban J connectivity index is 2.05. The van der Waals surface area contributed by atoms with Gasteiger partial charge in [0.25, 0.3) is 0 Å². The van der Waals surface area contributed by atoms with Crippen LogP contribution in [0.3, 0.4) is 0 Å². The van der Waals surface area contributed by atoms with Gasteiger partial charge in [0, 0.05) is 20.1 Å². The van der Waals surface area contributed by atoms with Crippen LogP contribution in [0.1, 0.15) is 11.1 Å². The molecule has 0 fully saturated rings. The van der Waals surface area contributed by atoms with E-state index in [0.29, 0.717) is 17.5 Å². The summed E-state index contributed by atoms with van der Waals surface area (Å²) in [6.45, 7) is 1.31. The first kappa shape index (κ1) is 12.8. The number of anilines is 1. The number of benzene rings is 1. The van der Waals surface area contributed by atoms with Crippen molar-refractivity contribution in [3.63, 3.8) is 0 Å². The molecular weight excluding hydrogens is 248 g/mol. The molecule has 2 rings (SSSR count). The van der Waals surface area contributed by atoms with Crippen LogP contribution >= 0.6 is 11.6 Å². The highest BCUT2D eigenvalue weighted by molar-refractivity contribution is 6.30. The molecule has 1 heterocycles. The summed E-state index contributed by atoms with van der Waals surface area (Å²) in [5.41, 5.74) is 7.88. The van der Waals surface area contributed by atoms with Crippen molar-refractivity contribution in [2.45, 2.75) is 13.1 Å². The zero-order valence-corrected chi connectivity index (χ0v) is 10.9. The standard InChI is InChI=1S/C13H15ClN4/c1-18(13-16-7-12(14)8-17-13)9-11-4-2-10(6-15)3-5-11/h2-5,7-8H,6,9,15H2,1H3. The Morgan fingerprint density at radius 1 is 1.11 bits per heavy atom. The van der Waals surface area contributed by atoms with E-state index in [9.17, 15) is 0 Å². The lowest BCUT2D eigenvalue weighted by Crippen LogP contribution is -2.18.